The molecule has 0 spiro atoms. The summed E-state index contributed by atoms with van der Waals surface area (Å²) in [5.74, 6) is -0.921. The highest BCUT2D eigenvalue weighted by Gasteiger charge is 2.54. The van der Waals surface area contributed by atoms with E-state index in [2.05, 4.69) is 24.5 Å². The van der Waals surface area contributed by atoms with E-state index in [1.165, 1.54) is 161 Å². The number of aliphatic hydroxyl groups is 10. The number of ether oxygens (including phenoxy) is 6. The summed E-state index contributed by atoms with van der Waals surface area (Å²) in [7, 11) is 0. The number of nitrogens with one attached hydrogen (secondary N) is 2. The maximum atomic E-state index is 13.4. The van der Waals surface area contributed by atoms with Crippen molar-refractivity contribution in [3.63, 3.8) is 0 Å². The van der Waals surface area contributed by atoms with Gasteiger partial charge in [0.15, 0.2) is 18.9 Å². The molecule has 0 bridgehead atoms. The van der Waals surface area contributed by atoms with Crippen LogP contribution in [0.1, 0.15) is 239 Å². The quantitative estimate of drug-likeness (QED) is 0.0235. The molecule has 0 aromatic heterocycles. The van der Waals surface area contributed by atoms with Gasteiger partial charge in [-0.05, 0) is 19.3 Å². The number of amides is 2. The molecule has 82 heavy (non-hydrogen) atoms. The average molecular weight is 1180 g/mol. The second kappa shape index (κ2) is 45.3. The zero-order valence-electron chi connectivity index (χ0n) is 50.6. The lowest BCUT2D eigenvalue weighted by Crippen LogP contribution is -2.68. The zero-order chi connectivity index (χ0) is 59.9. The monoisotopic (exact) mass is 1180 g/mol. The molecule has 3 fully saturated rings. The molecule has 0 saturated carbocycles. The number of unbranched alkanes of at least 4 members (excludes halogenated alkanes) is 31. The summed E-state index contributed by atoms with van der Waals surface area (Å²) in [6.45, 7) is 2.85. The Bertz CT molecular complexity index is 1620. The van der Waals surface area contributed by atoms with Crippen LogP contribution in [0.5, 0.6) is 0 Å². The Labute approximate surface area is 491 Å². The standard InChI is InChI=1S/C62H116N2O18/c1-4-6-8-10-12-14-16-18-19-20-21-22-23-24-25-27-29-31-33-35-37-39-50(70)64-45(46(69)38-36-34-32-30-28-26-17-15-13-11-9-7-5-2)43-77-61-56(75)54(73)59(48(41-66)79-61)82-62-57(76)55(74)58(49(42-67)80-62)81-60-51(63-44(3)68)53(72)52(71)47(40-65)78-60/h36,38,45-49,51-62,65-67,69,71-76H,4-35,37,39-43H2,1-3H3,(H,63,68)(H,64,70)/b38-36+/t45-,46+,47?,48?,49?,51?,52+,53+,54+,55+,56?,57?,58+,59+,60-,61+,62-/m0/s1. The van der Waals surface area contributed by atoms with Gasteiger partial charge in [0.2, 0.25) is 11.8 Å². The minimum Gasteiger partial charge on any atom is -0.394 e. The maximum absolute atomic E-state index is 13.4. The highest BCUT2D eigenvalue weighted by atomic mass is 16.8. The Kier molecular flexibility index (Phi) is 41.1. The van der Waals surface area contributed by atoms with Crippen LogP contribution in [0.15, 0.2) is 12.2 Å². The minimum atomic E-state index is -1.99. The minimum absolute atomic E-state index is 0.245. The van der Waals surface area contributed by atoms with Crippen LogP contribution in [0.3, 0.4) is 0 Å². The van der Waals surface area contributed by atoms with Crippen molar-refractivity contribution in [3.8, 4) is 0 Å². The predicted molar refractivity (Wildman–Crippen MR) is 312 cm³/mol. The van der Waals surface area contributed by atoms with Gasteiger partial charge in [0, 0.05) is 13.3 Å². The van der Waals surface area contributed by atoms with E-state index in [1.807, 2.05) is 6.08 Å². The lowest BCUT2D eigenvalue weighted by atomic mass is 9.95. The molecule has 20 heteroatoms. The Morgan fingerprint density at radius 1 is 0.476 bits per heavy atom. The molecule has 3 aliphatic heterocycles. The van der Waals surface area contributed by atoms with E-state index in [-0.39, 0.29) is 18.9 Å². The summed E-state index contributed by atoms with van der Waals surface area (Å²) >= 11 is 0. The van der Waals surface area contributed by atoms with E-state index in [4.69, 9.17) is 28.4 Å². The Morgan fingerprint density at radius 2 is 0.854 bits per heavy atom. The van der Waals surface area contributed by atoms with Gasteiger partial charge < -0.3 is 90.1 Å². The highest BCUT2D eigenvalue weighted by Crippen LogP contribution is 2.33. The van der Waals surface area contributed by atoms with Crippen molar-refractivity contribution in [1.29, 1.82) is 0 Å². The number of carbonyl (C=O) groups is 2. The van der Waals surface area contributed by atoms with Gasteiger partial charge in [-0.15, -0.1) is 0 Å². The van der Waals surface area contributed by atoms with Gasteiger partial charge in [-0.1, -0.05) is 219 Å². The summed E-state index contributed by atoms with van der Waals surface area (Å²) in [6, 6.07) is -2.40. The first-order chi connectivity index (χ1) is 39.7. The third-order valence-corrected chi connectivity index (χ3v) is 16.5. The second-order valence-electron chi connectivity index (χ2n) is 23.6. The molecule has 3 saturated heterocycles. The smallest absolute Gasteiger partial charge is 0.220 e. The van der Waals surface area contributed by atoms with Crippen molar-refractivity contribution in [2.75, 3.05) is 26.4 Å². The van der Waals surface area contributed by atoms with Crippen molar-refractivity contribution >= 4 is 11.8 Å². The van der Waals surface area contributed by atoms with Gasteiger partial charge in [0.1, 0.15) is 73.2 Å². The van der Waals surface area contributed by atoms with Crippen LogP contribution < -0.4 is 10.6 Å². The van der Waals surface area contributed by atoms with E-state index in [0.29, 0.717) is 6.42 Å². The highest BCUT2D eigenvalue weighted by molar-refractivity contribution is 5.76. The van der Waals surface area contributed by atoms with Crippen LogP contribution in [0.4, 0.5) is 0 Å². The van der Waals surface area contributed by atoms with Gasteiger partial charge in [0.05, 0.1) is 38.6 Å². The molecule has 0 radical (unpaired) electrons. The molecule has 3 heterocycles. The summed E-state index contributed by atoms with van der Waals surface area (Å²) < 4.78 is 34.9. The molecule has 3 aliphatic rings. The summed E-state index contributed by atoms with van der Waals surface area (Å²) in [6.07, 6.45) is 19.6. The van der Waals surface area contributed by atoms with Crippen LogP contribution >= 0.6 is 0 Å². The van der Waals surface area contributed by atoms with Crippen LogP contribution in [0.25, 0.3) is 0 Å². The molecule has 0 aliphatic carbocycles. The van der Waals surface area contributed by atoms with Crippen molar-refractivity contribution in [1.82, 2.24) is 10.6 Å². The third kappa shape index (κ3) is 28.7. The fraction of sp³-hybridized carbons (Fsp3) is 0.935. The fourth-order valence-corrected chi connectivity index (χ4v) is 11.3. The molecule has 6 unspecified atom stereocenters. The topological polar surface area (TPSA) is 316 Å². The summed E-state index contributed by atoms with van der Waals surface area (Å²) in [5, 5.41) is 114. The molecule has 20 nitrogen and oxygen atoms in total. The largest absolute Gasteiger partial charge is 0.394 e. The van der Waals surface area contributed by atoms with Crippen molar-refractivity contribution in [2.45, 2.75) is 343 Å². The molecule has 2 amide bonds. The van der Waals surface area contributed by atoms with E-state index >= 15 is 0 Å². The lowest BCUT2D eigenvalue weighted by molar-refractivity contribution is -0.374. The number of rotatable bonds is 48. The van der Waals surface area contributed by atoms with E-state index in [1.54, 1.807) is 6.08 Å². The zero-order valence-corrected chi connectivity index (χ0v) is 50.6. The number of allylic oxidation sites excluding steroid dienone is 1. The van der Waals surface area contributed by atoms with Crippen LogP contribution in [0.2, 0.25) is 0 Å². The molecule has 482 valence electrons. The molecular weight excluding hydrogens is 1060 g/mol. The number of hydrogen-bond acceptors (Lipinski definition) is 18. The number of hydrogen-bond donors (Lipinski definition) is 12. The molecule has 3 rings (SSSR count). The maximum Gasteiger partial charge on any atom is 0.220 e. The van der Waals surface area contributed by atoms with Crippen molar-refractivity contribution in [2.24, 2.45) is 0 Å². The molecular formula is C62H116N2O18. The van der Waals surface area contributed by atoms with E-state index in [0.717, 1.165) is 51.9 Å². The molecule has 12 N–H and O–H groups in total. The van der Waals surface area contributed by atoms with E-state index in [9.17, 15) is 60.7 Å². The van der Waals surface area contributed by atoms with Crippen molar-refractivity contribution < 1.29 is 89.1 Å². The molecule has 0 aromatic rings. The SMILES string of the molecule is CCCCCCCCCCCCC/C=C/[C@@H](O)[C@H](CO[C@@H]1OC(CO)[C@@H](O[C@@H]2OC(CO)[C@@H](O[C@@H]3OC(CO)[C@@H](O)[C@H](O)C3NC(C)=O)[C@H](O)C2O)[C@H](O)C1O)NC(=O)CCCCCCCCCCCCCCCCCCCCCCC. The fourth-order valence-electron chi connectivity index (χ4n) is 11.3. The van der Waals surface area contributed by atoms with Gasteiger partial charge >= 0.3 is 0 Å². The Hall–Kier alpha value is -1.96. The molecule has 17 atom stereocenters. The van der Waals surface area contributed by atoms with Gasteiger partial charge in [-0.2, -0.15) is 0 Å². The number of carbonyl (C=O) groups excluding carboxylic acids is 2. The lowest BCUT2D eigenvalue weighted by Gasteiger charge is -2.48. The Balaban J connectivity index is 1.50. The normalized spacial score (nSPS) is 29.5. The van der Waals surface area contributed by atoms with Gasteiger partial charge in [-0.3, -0.25) is 9.59 Å². The van der Waals surface area contributed by atoms with E-state index < -0.39 is 130 Å². The number of aliphatic hydroxyl groups excluding tert-OH is 10. The summed E-state index contributed by atoms with van der Waals surface area (Å²) in [5.41, 5.74) is 0. The van der Waals surface area contributed by atoms with Crippen LogP contribution in [-0.2, 0) is 38.0 Å². The van der Waals surface area contributed by atoms with Crippen LogP contribution in [-0.4, -0.2) is 194 Å². The van der Waals surface area contributed by atoms with Gasteiger partial charge in [-0.25, -0.2) is 0 Å². The average Bonchev–Trinajstić information content (AvgIpc) is 3.52. The first-order valence-electron chi connectivity index (χ1n) is 32.4. The third-order valence-electron chi connectivity index (χ3n) is 16.5. The second-order valence-corrected chi connectivity index (χ2v) is 23.6. The molecule has 0 aromatic carbocycles. The van der Waals surface area contributed by atoms with Gasteiger partial charge in [0.25, 0.3) is 0 Å². The predicted octanol–water partition coefficient (Wildman–Crippen LogP) is 6.30. The first kappa shape index (κ1) is 74.3. The first-order valence-corrected chi connectivity index (χ1v) is 32.4. The Morgan fingerprint density at radius 3 is 1.28 bits per heavy atom. The van der Waals surface area contributed by atoms with Crippen molar-refractivity contribution in [3.05, 3.63) is 12.2 Å². The summed E-state index contributed by atoms with van der Waals surface area (Å²) in [4.78, 5) is 25.3. The van der Waals surface area contributed by atoms with Crippen LogP contribution in [0, 0.1) is 0 Å².